The van der Waals surface area contributed by atoms with Crippen molar-refractivity contribution in [2.24, 2.45) is 11.8 Å². The second kappa shape index (κ2) is 5.35. The zero-order valence-electron chi connectivity index (χ0n) is 12.0. The number of carbonyl (C=O) groups excluding carboxylic acids is 1. The molecule has 3 atom stereocenters. The molecule has 2 aliphatic carbocycles. The topological polar surface area (TPSA) is 47.6 Å². The van der Waals surface area contributed by atoms with E-state index in [2.05, 4.69) is 5.32 Å². The van der Waals surface area contributed by atoms with Crippen molar-refractivity contribution in [2.45, 2.75) is 31.7 Å². The largest absolute Gasteiger partial charge is 0.496 e. The molecular weight excluding hydrogens is 254 g/mol. The monoisotopic (exact) mass is 275 g/mol. The maximum atomic E-state index is 12.6. The second-order valence-corrected chi connectivity index (χ2v) is 5.79. The first kappa shape index (κ1) is 13.3. The molecule has 1 aromatic carbocycles. The van der Waals surface area contributed by atoms with Gasteiger partial charge in [0.15, 0.2) is 0 Å². The third-order valence-corrected chi connectivity index (χ3v) is 4.71. The van der Waals surface area contributed by atoms with E-state index in [1.54, 1.807) is 26.4 Å². The molecule has 2 bridgehead atoms. The zero-order valence-corrected chi connectivity index (χ0v) is 12.0. The molecule has 0 aromatic heterocycles. The molecule has 0 aliphatic heterocycles. The summed E-state index contributed by atoms with van der Waals surface area (Å²) in [6.45, 7) is 0. The van der Waals surface area contributed by atoms with Crippen LogP contribution in [0.1, 0.15) is 36.0 Å². The fraction of sp³-hybridized carbons (Fsp3) is 0.562. The molecule has 1 aromatic rings. The number of nitrogens with one attached hydrogen (secondary N) is 1. The lowest BCUT2D eigenvalue weighted by molar-refractivity contribution is 0.0916. The van der Waals surface area contributed by atoms with Crippen molar-refractivity contribution in [3.63, 3.8) is 0 Å². The van der Waals surface area contributed by atoms with Crippen LogP contribution in [0.4, 0.5) is 0 Å². The number of benzene rings is 1. The normalized spacial score (nSPS) is 27.4. The molecule has 4 nitrogen and oxygen atoms in total. The Kier molecular flexibility index (Phi) is 3.55. The van der Waals surface area contributed by atoms with Crippen molar-refractivity contribution in [1.29, 1.82) is 0 Å². The number of ether oxygens (including phenoxy) is 2. The van der Waals surface area contributed by atoms with Gasteiger partial charge in [0.2, 0.25) is 0 Å². The Hall–Kier alpha value is -1.71. The van der Waals surface area contributed by atoms with Gasteiger partial charge in [0.05, 0.1) is 14.2 Å². The Balaban J connectivity index is 1.80. The lowest BCUT2D eigenvalue weighted by Crippen LogP contribution is -2.38. The molecular formula is C16H21NO3. The highest BCUT2D eigenvalue weighted by atomic mass is 16.5. The van der Waals surface area contributed by atoms with Gasteiger partial charge in [-0.2, -0.15) is 0 Å². The SMILES string of the molecule is COc1cccc(OC)c1C(=O)N[C@@H]1C[C@H]2CC[C@@H]1C2. The third-order valence-electron chi connectivity index (χ3n) is 4.71. The van der Waals surface area contributed by atoms with E-state index >= 15 is 0 Å². The minimum absolute atomic E-state index is 0.0862. The number of methoxy groups -OCH3 is 2. The maximum Gasteiger partial charge on any atom is 0.259 e. The van der Waals surface area contributed by atoms with Crippen molar-refractivity contribution in [2.75, 3.05) is 14.2 Å². The number of hydrogen-bond acceptors (Lipinski definition) is 3. The van der Waals surface area contributed by atoms with Crippen molar-refractivity contribution < 1.29 is 14.3 Å². The van der Waals surface area contributed by atoms with Crippen LogP contribution in [-0.2, 0) is 0 Å². The predicted molar refractivity (Wildman–Crippen MR) is 76.2 cm³/mol. The summed E-state index contributed by atoms with van der Waals surface area (Å²) in [4.78, 5) is 12.6. The van der Waals surface area contributed by atoms with Crippen molar-refractivity contribution in [3.05, 3.63) is 23.8 Å². The fourth-order valence-corrected chi connectivity index (χ4v) is 3.74. The van der Waals surface area contributed by atoms with Crippen molar-refractivity contribution >= 4 is 5.91 Å². The summed E-state index contributed by atoms with van der Waals surface area (Å²) < 4.78 is 10.6. The van der Waals surface area contributed by atoms with Crippen LogP contribution in [0.2, 0.25) is 0 Å². The molecule has 1 amide bonds. The highest BCUT2D eigenvalue weighted by Crippen LogP contribution is 2.44. The van der Waals surface area contributed by atoms with Crippen LogP contribution in [0.3, 0.4) is 0 Å². The Morgan fingerprint density at radius 2 is 1.85 bits per heavy atom. The molecule has 0 spiro atoms. The molecule has 4 heteroatoms. The van der Waals surface area contributed by atoms with Crippen molar-refractivity contribution in [3.8, 4) is 11.5 Å². The molecule has 2 aliphatic rings. The van der Waals surface area contributed by atoms with Gasteiger partial charge in [-0.05, 0) is 43.2 Å². The van der Waals surface area contributed by atoms with Crippen LogP contribution in [0, 0.1) is 11.8 Å². The minimum atomic E-state index is -0.0862. The summed E-state index contributed by atoms with van der Waals surface area (Å²) in [6.07, 6.45) is 4.97. The van der Waals surface area contributed by atoms with Crippen LogP contribution < -0.4 is 14.8 Å². The minimum Gasteiger partial charge on any atom is -0.496 e. The summed E-state index contributed by atoms with van der Waals surface area (Å²) in [5, 5.41) is 3.18. The average molecular weight is 275 g/mol. The van der Waals surface area contributed by atoms with E-state index < -0.39 is 0 Å². The molecule has 3 rings (SSSR count). The molecule has 20 heavy (non-hydrogen) atoms. The first-order valence-corrected chi connectivity index (χ1v) is 7.24. The molecule has 2 saturated carbocycles. The van der Waals surface area contributed by atoms with Gasteiger partial charge < -0.3 is 14.8 Å². The summed E-state index contributed by atoms with van der Waals surface area (Å²) in [7, 11) is 3.15. The lowest BCUT2D eigenvalue weighted by atomic mass is 9.95. The first-order chi connectivity index (χ1) is 9.72. The number of hydrogen-bond donors (Lipinski definition) is 1. The molecule has 0 heterocycles. The standard InChI is InChI=1S/C16H21NO3/c1-19-13-4-3-5-14(20-2)15(13)16(18)17-12-9-10-6-7-11(12)8-10/h3-5,10-12H,6-9H2,1-2H3,(H,17,18)/t10-,11+,12+/m0/s1. The summed E-state index contributed by atoms with van der Waals surface area (Å²) in [5.74, 6) is 2.50. The zero-order chi connectivity index (χ0) is 14.1. The quantitative estimate of drug-likeness (QED) is 0.919. The fourth-order valence-electron chi connectivity index (χ4n) is 3.74. The first-order valence-electron chi connectivity index (χ1n) is 7.24. The van der Waals surface area contributed by atoms with Gasteiger partial charge in [0, 0.05) is 6.04 Å². The number of carbonyl (C=O) groups is 1. The van der Waals surface area contributed by atoms with E-state index in [0.717, 1.165) is 12.3 Å². The van der Waals surface area contributed by atoms with Gasteiger partial charge in [-0.1, -0.05) is 12.5 Å². The number of rotatable bonds is 4. The van der Waals surface area contributed by atoms with Gasteiger partial charge in [-0.15, -0.1) is 0 Å². The van der Waals surface area contributed by atoms with E-state index in [4.69, 9.17) is 9.47 Å². The Bertz CT molecular complexity index is 492. The van der Waals surface area contributed by atoms with Gasteiger partial charge in [-0.3, -0.25) is 4.79 Å². The van der Waals surface area contributed by atoms with E-state index in [1.165, 1.54) is 19.3 Å². The van der Waals surface area contributed by atoms with E-state index in [1.807, 2.05) is 6.07 Å². The Labute approximate surface area is 119 Å². The van der Waals surface area contributed by atoms with Gasteiger partial charge >= 0.3 is 0 Å². The molecule has 0 radical (unpaired) electrons. The second-order valence-electron chi connectivity index (χ2n) is 5.79. The smallest absolute Gasteiger partial charge is 0.259 e. The Morgan fingerprint density at radius 3 is 2.35 bits per heavy atom. The predicted octanol–water partition coefficient (Wildman–Crippen LogP) is 2.62. The highest BCUT2D eigenvalue weighted by Gasteiger charge is 2.40. The molecule has 108 valence electrons. The van der Waals surface area contributed by atoms with Crippen LogP contribution in [-0.4, -0.2) is 26.2 Å². The van der Waals surface area contributed by atoms with Crippen LogP contribution in [0.25, 0.3) is 0 Å². The highest BCUT2D eigenvalue weighted by molar-refractivity contribution is 5.99. The van der Waals surface area contributed by atoms with Gasteiger partial charge in [-0.25, -0.2) is 0 Å². The average Bonchev–Trinajstić information content (AvgIpc) is 3.08. The molecule has 2 fully saturated rings. The van der Waals surface area contributed by atoms with Gasteiger partial charge in [0.25, 0.3) is 5.91 Å². The number of amides is 1. The molecule has 1 N–H and O–H groups in total. The molecule has 0 unspecified atom stereocenters. The van der Waals surface area contributed by atoms with Crippen LogP contribution in [0.5, 0.6) is 11.5 Å². The van der Waals surface area contributed by atoms with Gasteiger partial charge in [0.1, 0.15) is 17.1 Å². The van der Waals surface area contributed by atoms with Crippen molar-refractivity contribution in [1.82, 2.24) is 5.32 Å². The summed E-state index contributed by atoms with van der Waals surface area (Å²) >= 11 is 0. The van der Waals surface area contributed by atoms with E-state index in [0.29, 0.717) is 29.0 Å². The lowest BCUT2D eigenvalue weighted by Gasteiger charge is -2.23. The van der Waals surface area contributed by atoms with Crippen LogP contribution in [0.15, 0.2) is 18.2 Å². The van der Waals surface area contributed by atoms with Crippen LogP contribution >= 0.6 is 0 Å². The molecule has 0 saturated heterocycles. The number of fused-ring (bicyclic) bond motifs is 2. The Morgan fingerprint density at radius 1 is 1.15 bits per heavy atom. The summed E-state index contributed by atoms with van der Waals surface area (Å²) in [5.41, 5.74) is 0.500. The van der Waals surface area contributed by atoms with E-state index in [9.17, 15) is 4.79 Å². The maximum absolute atomic E-state index is 12.6. The van der Waals surface area contributed by atoms with E-state index in [-0.39, 0.29) is 5.91 Å². The third kappa shape index (κ3) is 2.23. The summed E-state index contributed by atoms with van der Waals surface area (Å²) in [6, 6.07) is 5.72.